The Balaban J connectivity index is 1.68. The van der Waals surface area contributed by atoms with E-state index in [1.54, 1.807) is 10.9 Å². The van der Waals surface area contributed by atoms with E-state index in [0.29, 0.717) is 29.8 Å². The lowest BCUT2D eigenvalue weighted by atomic mass is 10.1. The molecule has 3 N–H and O–H groups in total. The lowest BCUT2D eigenvalue weighted by Gasteiger charge is -2.27. The summed E-state index contributed by atoms with van der Waals surface area (Å²) < 4.78 is 19.9. The second-order valence-corrected chi connectivity index (χ2v) is 6.33. The molecule has 0 saturated carbocycles. The first kappa shape index (κ1) is 16.2. The van der Waals surface area contributed by atoms with Gasteiger partial charge in [0.25, 0.3) is 0 Å². The largest absolute Gasteiger partial charge is 0.394 e. The van der Waals surface area contributed by atoms with Gasteiger partial charge in [-0.15, -0.1) is 12.3 Å². The van der Waals surface area contributed by atoms with Crippen LogP contribution in [-0.2, 0) is 14.2 Å². The van der Waals surface area contributed by atoms with Crippen molar-refractivity contribution in [3.63, 3.8) is 0 Å². The molecule has 2 unspecified atom stereocenters. The van der Waals surface area contributed by atoms with Gasteiger partial charge < -0.3 is 25.1 Å². The number of hydrogen-bond acceptors (Lipinski definition) is 8. The highest BCUT2D eigenvalue weighted by Crippen LogP contribution is 2.45. The highest BCUT2D eigenvalue weighted by atomic mass is 16.8. The summed E-state index contributed by atoms with van der Waals surface area (Å²) in [5, 5.41) is 9.67. The quantitative estimate of drug-likeness (QED) is 0.755. The number of nitrogens with zero attached hydrogens (tertiary/aromatic N) is 4. The summed E-state index contributed by atoms with van der Waals surface area (Å²) in [6.07, 6.45) is 7.50. The van der Waals surface area contributed by atoms with E-state index in [1.165, 1.54) is 6.33 Å². The van der Waals surface area contributed by atoms with Crippen LogP contribution in [0.5, 0.6) is 0 Å². The van der Waals surface area contributed by atoms with Gasteiger partial charge in [0.15, 0.2) is 23.5 Å². The maximum Gasteiger partial charge on any atom is 0.167 e. The van der Waals surface area contributed by atoms with E-state index in [0.717, 1.165) is 0 Å². The van der Waals surface area contributed by atoms with E-state index < -0.39 is 30.3 Å². The lowest BCUT2D eigenvalue weighted by Crippen LogP contribution is -2.33. The highest BCUT2D eigenvalue weighted by molar-refractivity contribution is 5.81. The molecule has 2 aliphatic heterocycles. The molecule has 0 radical (unpaired) electrons. The number of anilines is 1. The van der Waals surface area contributed by atoms with Gasteiger partial charge in [-0.2, -0.15) is 0 Å². The number of aliphatic hydroxyl groups excluding tert-OH is 1. The number of nitrogens with two attached hydrogens (primary N) is 1. The zero-order valence-electron chi connectivity index (χ0n) is 13.7. The number of aliphatic hydroxyl groups is 1. The average Bonchev–Trinajstić information content (AvgIpc) is 3.25. The summed E-state index contributed by atoms with van der Waals surface area (Å²) in [4.78, 5) is 12.4. The van der Waals surface area contributed by atoms with Crippen molar-refractivity contribution in [2.45, 2.75) is 50.1 Å². The fourth-order valence-corrected chi connectivity index (χ4v) is 3.42. The van der Waals surface area contributed by atoms with Crippen LogP contribution in [0, 0.1) is 12.3 Å². The highest BCUT2D eigenvalue weighted by Gasteiger charge is 2.57. The van der Waals surface area contributed by atoms with Crippen molar-refractivity contribution < 1.29 is 19.3 Å². The molecular formula is C16H19N5O4. The smallest absolute Gasteiger partial charge is 0.167 e. The summed E-state index contributed by atoms with van der Waals surface area (Å²) in [6.45, 7) is 1.66. The van der Waals surface area contributed by atoms with Crippen molar-refractivity contribution in [1.29, 1.82) is 0 Å². The Kier molecular flexibility index (Phi) is 3.85. The molecule has 132 valence electrons. The number of fused-ring (bicyclic) bond motifs is 2. The van der Waals surface area contributed by atoms with Gasteiger partial charge >= 0.3 is 0 Å². The van der Waals surface area contributed by atoms with Crippen molar-refractivity contribution in [3.05, 3.63) is 12.7 Å². The van der Waals surface area contributed by atoms with Crippen molar-refractivity contribution in [3.8, 4) is 12.3 Å². The standard InChI is InChI=1S/C16H19N5O4/c1-3-4-5-16(2)24-11-9(6-22)23-15(12(11)25-16)21-8-20-10-13(17)18-7-19-14(10)21/h1,7-9,11-12,15,22H,4-6H2,2H3,(H2,17,18,19)/t9-,11?,12+,15-,16?/m1/s1. The molecule has 2 fully saturated rings. The maximum atomic E-state index is 9.67. The number of imidazole rings is 1. The Hall–Kier alpha value is -2.25. The third-order valence-electron chi connectivity index (χ3n) is 4.62. The van der Waals surface area contributed by atoms with Gasteiger partial charge in [0, 0.05) is 12.8 Å². The summed E-state index contributed by atoms with van der Waals surface area (Å²) in [7, 11) is 0. The van der Waals surface area contributed by atoms with Crippen LogP contribution in [0.3, 0.4) is 0 Å². The fourth-order valence-electron chi connectivity index (χ4n) is 3.42. The summed E-state index contributed by atoms with van der Waals surface area (Å²) in [5.74, 6) is 2.07. The van der Waals surface area contributed by atoms with Crippen LogP contribution < -0.4 is 5.73 Å². The number of aromatic nitrogens is 4. The van der Waals surface area contributed by atoms with E-state index in [2.05, 4.69) is 20.9 Å². The minimum atomic E-state index is -0.818. The topological polar surface area (TPSA) is 118 Å². The Morgan fingerprint density at radius 1 is 1.36 bits per heavy atom. The third-order valence-corrected chi connectivity index (χ3v) is 4.62. The van der Waals surface area contributed by atoms with Crippen LogP contribution in [0.25, 0.3) is 11.2 Å². The van der Waals surface area contributed by atoms with Crippen LogP contribution >= 0.6 is 0 Å². The molecular weight excluding hydrogens is 326 g/mol. The Morgan fingerprint density at radius 2 is 2.16 bits per heavy atom. The first-order valence-corrected chi connectivity index (χ1v) is 8.05. The molecule has 0 spiro atoms. The molecule has 25 heavy (non-hydrogen) atoms. The van der Waals surface area contributed by atoms with E-state index in [9.17, 15) is 5.11 Å². The average molecular weight is 345 g/mol. The summed E-state index contributed by atoms with van der Waals surface area (Å²) >= 11 is 0. The second-order valence-electron chi connectivity index (χ2n) is 6.33. The molecule has 0 aromatic carbocycles. The zero-order valence-corrected chi connectivity index (χ0v) is 13.7. The molecule has 0 aliphatic carbocycles. The van der Waals surface area contributed by atoms with Crippen LogP contribution in [-0.4, -0.2) is 55.3 Å². The minimum absolute atomic E-state index is 0.185. The normalized spacial score (nSPS) is 34.3. The lowest BCUT2D eigenvalue weighted by molar-refractivity contribution is -0.212. The SMILES string of the molecule is C#CCCC1(C)OC2[C@@H](CO)O[C@@H](n3cnc4c(N)ncnc43)[C@H]2O1. The molecule has 0 amide bonds. The van der Waals surface area contributed by atoms with Gasteiger partial charge in [-0.1, -0.05) is 0 Å². The predicted octanol–water partition coefficient (Wildman–Crippen LogP) is 0.212. The van der Waals surface area contributed by atoms with Gasteiger partial charge in [-0.05, 0) is 6.92 Å². The molecule has 0 bridgehead atoms. The number of rotatable bonds is 4. The number of hydrogen-bond donors (Lipinski definition) is 2. The maximum absolute atomic E-state index is 9.67. The molecule has 2 saturated heterocycles. The van der Waals surface area contributed by atoms with E-state index in [1.807, 2.05) is 6.92 Å². The van der Waals surface area contributed by atoms with Crippen LogP contribution in [0.4, 0.5) is 5.82 Å². The molecule has 9 heteroatoms. The van der Waals surface area contributed by atoms with Gasteiger partial charge in [-0.25, -0.2) is 15.0 Å². The van der Waals surface area contributed by atoms with Gasteiger partial charge in [0.05, 0.1) is 12.9 Å². The summed E-state index contributed by atoms with van der Waals surface area (Å²) in [6, 6.07) is 0. The molecule has 2 aromatic heterocycles. The van der Waals surface area contributed by atoms with Gasteiger partial charge in [0.2, 0.25) is 0 Å². The molecule has 2 aliphatic rings. The van der Waals surface area contributed by atoms with Crippen LogP contribution in [0.15, 0.2) is 12.7 Å². The van der Waals surface area contributed by atoms with Crippen molar-refractivity contribution >= 4 is 17.0 Å². The summed E-state index contributed by atoms with van der Waals surface area (Å²) in [5.41, 5.74) is 6.87. The van der Waals surface area contributed by atoms with Gasteiger partial charge in [0.1, 0.15) is 30.2 Å². The zero-order chi connectivity index (χ0) is 17.6. The first-order chi connectivity index (χ1) is 12.1. The van der Waals surface area contributed by atoms with Crippen LogP contribution in [0.1, 0.15) is 26.0 Å². The van der Waals surface area contributed by atoms with Crippen LogP contribution in [0.2, 0.25) is 0 Å². The van der Waals surface area contributed by atoms with Crippen molar-refractivity contribution in [2.24, 2.45) is 0 Å². The van der Waals surface area contributed by atoms with E-state index >= 15 is 0 Å². The van der Waals surface area contributed by atoms with E-state index in [-0.39, 0.29) is 6.61 Å². The Bertz CT molecular complexity index is 834. The fraction of sp³-hybridized carbons (Fsp3) is 0.562. The van der Waals surface area contributed by atoms with Gasteiger partial charge in [-0.3, -0.25) is 4.57 Å². The van der Waals surface area contributed by atoms with E-state index in [4.69, 9.17) is 26.4 Å². The monoisotopic (exact) mass is 345 g/mol. The first-order valence-electron chi connectivity index (χ1n) is 8.05. The number of terminal acetylenes is 1. The van der Waals surface area contributed by atoms with Crippen molar-refractivity contribution in [2.75, 3.05) is 12.3 Å². The molecule has 2 aromatic rings. The minimum Gasteiger partial charge on any atom is -0.394 e. The van der Waals surface area contributed by atoms with Crippen molar-refractivity contribution in [1.82, 2.24) is 19.5 Å². The number of ether oxygens (including phenoxy) is 3. The Morgan fingerprint density at radius 3 is 2.92 bits per heavy atom. The third kappa shape index (κ3) is 2.54. The molecule has 5 atom stereocenters. The molecule has 9 nitrogen and oxygen atoms in total. The number of nitrogen functional groups attached to an aromatic ring is 1. The molecule has 4 rings (SSSR count). The second kappa shape index (κ2) is 5.93. The molecule has 4 heterocycles. The predicted molar refractivity (Wildman–Crippen MR) is 86.9 cm³/mol. The Labute approximate surface area is 144 Å².